The molecule has 0 amide bonds. The first kappa shape index (κ1) is 24.7. The molecule has 2 unspecified atom stereocenters. The molecule has 190 valence electrons. The first-order valence-electron chi connectivity index (χ1n) is 12.6. The average Bonchev–Trinajstić information content (AvgIpc) is 3.30. The van der Waals surface area contributed by atoms with E-state index in [0.29, 0.717) is 25.4 Å². The summed E-state index contributed by atoms with van der Waals surface area (Å²) in [6, 6.07) is 8.27. The van der Waals surface area contributed by atoms with Gasteiger partial charge in [-0.15, -0.1) is 0 Å². The molecule has 2 bridgehead atoms. The normalized spacial score (nSPS) is 32.5. The molecule has 3 aliphatic carbocycles. The van der Waals surface area contributed by atoms with E-state index in [1.165, 1.54) is 29.5 Å². The summed E-state index contributed by atoms with van der Waals surface area (Å²) in [6.45, 7) is 5.38. The van der Waals surface area contributed by atoms with Gasteiger partial charge in [0.05, 0.1) is 5.75 Å². The zero-order valence-corrected chi connectivity index (χ0v) is 22.5. The lowest BCUT2D eigenvalue weighted by Crippen LogP contribution is -2.56. The smallest absolute Gasteiger partial charge is 0.212 e. The van der Waals surface area contributed by atoms with E-state index in [-0.39, 0.29) is 22.6 Å². The van der Waals surface area contributed by atoms with E-state index in [2.05, 4.69) is 42.8 Å². The molecule has 0 radical (unpaired) electrons. The molecule has 4 aliphatic rings. The second-order valence-electron chi connectivity index (χ2n) is 11.9. The molecular formula is C25H39N3O4S2. The van der Waals surface area contributed by atoms with Gasteiger partial charge in [-0.2, -0.15) is 17.4 Å². The van der Waals surface area contributed by atoms with Gasteiger partial charge in [0.15, 0.2) is 0 Å². The van der Waals surface area contributed by atoms with Gasteiger partial charge in [-0.25, -0.2) is 12.7 Å². The molecule has 0 aromatic heterocycles. The van der Waals surface area contributed by atoms with Crippen molar-refractivity contribution in [2.24, 2.45) is 16.7 Å². The largest absolute Gasteiger partial charge is 0.279 e. The van der Waals surface area contributed by atoms with Crippen LogP contribution in [0.2, 0.25) is 0 Å². The molecule has 9 heteroatoms. The Bertz CT molecular complexity index is 1170. The molecule has 1 N–H and O–H groups in total. The number of fused-ring (bicyclic) bond motifs is 4. The Kier molecular flexibility index (Phi) is 5.81. The summed E-state index contributed by atoms with van der Waals surface area (Å²) in [4.78, 5) is 0. The summed E-state index contributed by atoms with van der Waals surface area (Å²) in [6.07, 6.45) is 6.31. The summed E-state index contributed by atoms with van der Waals surface area (Å²) < 4.78 is 58.8. The van der Waals surface area contributed by atoms with Gasteiger partial charge in [-0.3, -0.25) is 0 Å². The zero-order valence-electron chi connectivity index (χ0n) is 20.9. The van der Waals surface area contributed by atoms with Gasteiger partial charge >= 0.3 is 0 Å². The maximum atomic E-state index is 13.8. The van der Waals surface area contributed by atoms with Crippen LogP contribution in [0.5, 0.6) is 0 Å². The minimum absolute atomic E-state index is 0.0215. The Morgan fingerprint density at radius 2 is 1.71 bits per heavy atom. The molecule has 34 heavy (non-hydrogen) atoms. The number of aryl methyl sites for hydroxylation is 1. The second kappa shape index (κ2) is 8.00. The number of piperidine rings is 1. The molecule has 1 heterocycles. The maximum Gasteiger partial charge on any atom is 0.279 e. The number of sulfonamides is 1. The Morgan fingerprint density at radius 1 is 1.03 bits per heavy atom. The highest BCUT2D eigenvalue weighted by Crippen LogP contribution is 2.66. The van der Waals surface area contributed by atoms with Gasteiger partial charge in [0.1, 0.15) is 0 Å². The monoisotopic (exact) mass is 509 g/mol. The van der Waals surface area contributed by atoms with Gasteiger partial charge in [0, 0.05) is 38.6 Å². The van der Waals surface area contributed by atoms with Crippen molar-refractivity contribution in [3.05, 3.63) is 35.4 Å². The fraction of sp³-hybridized carbons (Fsp3) is 0.760. The highest BCUT2D eigenvalue weighted by molar-refractivity contribution is 7.89. The van der Waals surface area contributed by atoms with Crippen molar-refractivity contribution in [3.63, 3.8) is 0 Å². The summed E-state index contributed by atoms with van der Waals surface area (Å²) in [5.41, 5.74) is 2.11. The first-order chi connectivity index (χ1) is 15.8. The van der Waals surface area contributed by atoms with Crippen molar-refractivity contribution < 1.29 is 16.8 Å². The Morgan fingerprint density at radius 3 is 2.35 bits per heavy atom. The van der Waals surface area contributed by atoms with Gasteiger partial charge in [0.2, 0.25) is 10.0 Å². The molecular weight excluding hydrogens is 470 g/mol. The van der Waals surface area contributed by atoms with Gasteiger partial charge in [-0.1, -0.05) is 38.1 Å². The van der Waals surface area contributed by atoms with Crippen LogP contribution in [0.4, 0.5) is 0 Å². The lowest BCUT2D eigenvalue weighted by Gasteiger charge is -2.45. The van der Waals surface area contributed by atoms with Crippen molar-refractivity contribution >= 4 is 20.2 Å². The predicted molar refractivity (Wildman–Crippen MR) is 134 cm³/mol. The summed E-state index contributed by atoms with van der Waals surface area (Å²) in [5, 5.41) is 0. The highest BCUT2D eigenvalue weighted by Gasteiger charge is 2.66. The Balaban J connectivity index is 1.37. The molecule has 2 saturated carbocycles. The first-order valence-corrected chi connectivity index (χ1v) is 15.6. The van der Waals surface area contributed by atoms with Crippen LogP contribution >= 0.6 is 0 Å². The third kappa shape index (κ3) is 3.60. The van der Waals surface area contributed by atoms with Crippen LogP contribution in [-0.2, 0) is 32.1 Å². The number of benzene rings is 1. The van der Waals surface area contributed by atoms with Gasteiger partial charge in [-0.05, 0) is 72.8 Å². The quantitative estimate of drug-likeness (QED) is 0.639. The standard InChI is InChI=1S/C25H39N3O4S2/c1-23(2)20-10-12-25(23,22(17-20)26-34(31,32)27(3)4)18-33(29,30)28-15-13-24(14-16-28)11-9-19-7-5-6-8-21(19)24/h5-8,20,22,26H,9-18H2,1-4H3/t20?,22?,25-/m1/s1. The maximum absolute atomic E-state index is 13.8. The molecule has 1 spiro atoms. The summed E-state index contributed by atoms with van der Waals surface area (Å²) in [7, 11) is -4.15. The molecule has 1 aliphatic heterocycles. The molecule has 3 fully saturated rings. The minimum Gasteiger partial charge on any atom is -0.212 e. The summed E-state index contributed by atoms with van der Waals surface area (Å²) in [5.74, 6) is 0.352. The third-order valence-electron chi connectivity index (χ3n) is 10.2. The second-order valence-corrected chi connectivity index (χ2v) is 15.8. The lowest BCUT2D eigenvalue weighted by atomic mass is 9.69. The number of nitrogens with zero attached hydrogens (tertiary/aromatic N) is 2. The van der Waals surface area contributed by atoms with E-state index in [1.807, 2.05) is 0 Å². The SMILES string of the molecule is CN(C)S(=O)(=O)NC1CC2CC[C@]1(CS(=O)(=O)N1CCC3(CCc4ccccc43)CC1)C2(C)C. The van der Waals surface area contributed by atoms with Crippen LogP contribution in [0.1, 0.15) is 63.5 Å². The molecule has 3 atom stereocenters. The topological polar surface area (TPSA) is 86.8 Å². The van der Waals surface area contributed by atoms with Crippen molar-refractivity contribution in [3.8, 4) is 0 Å². The molecule has 7 nitrogen and oxygen atoms in total. The predicted octanol–water partition coefficient (Wildman–Crippen LogP) is 2.89. The zero-order chi connectivity index (χ0) is 24.6. The number of hydrogen-bond acceptors (Lipinski definition) is 4. The van der Waals surface area contributed by atoms with Crippen LogP contribution < -0.4 is 4.72 Å². The van der Waals surface area contributed by atoms with E-state index >= 15 is 0 Å². The number of nitrogens with one attached hydrogen (secondary N) is 1. The highest BCUT2D eigenvalue weighted by atomic mass is 32.2. The molecule has 1 aromatic carbocycles. The van der Waals surface area contributed by atoms with Crippen LogP contribution in [0.3, 0.4) is 0 Å². The number of hydrogen-bond donors (Lipinski definition) is 1. The summed E-state index contributed by atoms with van der Waals surface area (Å²) >= 11 is 0. The molecule has 1 aromatic rings. The van der Waals surface area contributed by atoms with E-state index in [9.17, 15) is 16.8 Å². The average molecular weight is 510 g/mol. The minimum atomic E-state index is -3.64. The van der Waals surface area contributed by atoms with Crippen LogP contribution in [-0.4, -0.2) is 64.4 Å². The van der Waals surface area contributed by atoms with Crippen molar-refractivity contribution in [1.29, 1.82) is 0 Å². The van der Waals surface area contributed by atoms with Crippen molar-refractivity contribution in [2.75, 3.05) is 32.9 Å². The van der Waals surface area contributed by atoms with Crippen molar-refractivity contribution in [2.45, 2.75) is 70.3 Å². The van der Waals surface area contributed by atoms with Crippen LogP contribution in [0.15, 0.2) is 24.3 Å². The Hall–Kier alpha value is -1.00. The van der Waals surface area contributed by atoms with Crippen LogP contribution in [0, 0.1) is 16.7 Å². The fourth-order valence-corrected chi connectivity index (χ4v) is 10.9. The lowest BCUT2D eigenvalue weighted by molar-refractivity contribution is 0.129. The van der Waals surface area contributed by atoms with Crippen molar-refractivity contribution in [1.82, 2.24) is 13.3 Å². The molecule has 5 rings (SSSR count). The van der Waals surface area contributed by atoms with Gasteiger partial charge in [0.25, 0.3) is 10.2 Å². The van der Waals surface area contributed by atoms with Gasteiger partial charge < -0.3 is 0 Å². The number of rotatable bonds is 6. The van der Waals surface area contributed by atoms with E-state index in [4.69, 9.17) is 0 Å². The van der Waals surface area contributed by atoms with E-state index in [0.717, 1.165) is 38.5 Å². The Labute approximate surface area is 205 Å². The van der Waals surface area contributed by atoms with E-state index in [1.54, 1.807) is 4.31 Å². The third-order valence-corrected chi connectivity index (χ3v) is 13.8. The van der Waals surface area contributed by atoms with Crippen LogP contribution in [0.25, 0.3) is 0 Å². The fourth-order valence-electron chi connectivity index (χ4n) is 7.76. The molecule has 1 saturated heterocycles. The van der Waals surface area contributed by atoms with E-state index < -0.39 is 25.6 Å².